The summed E-state index contributed by atoms with van der Waals surface area (Å²) < 4.78 is 11.8. The zero-order valence-electron chi connectivity index (χ0n) is 19.9. The quantitative estimate of drug-likeness (QED) is 0.248. The minimum absolute atomic E-state index is 0. The number of likely N-dealkylation sites (N-methyl/N-ethyl adjacent to an activating group) is 1. The minimum atomic E-state index is 0. The lowest BCUT2D eigenvalue weighted by Crippen LogP contribution is -2.43. The predicted molar refractivity (Wildman–Crippen MR) is 147 cm³/mol. The number of guanidine groups is 1. The average Bonchev–Trinajstić information content (AvgIpc) is 3.23. The van der Waals surface area contributed by atoms with E-state index in [0.717, 1.165) is 63.0 Å². The molecule has 0 bridgehead atoms. The molecule has 0 radical (unpaired) electrons. The Bertz CT molecular complexity index is 694. The SMILES string of the molecule is CCNC(=NCc1cccc(OCCN(C)C2CCOCC2)c1)NCC1(C)CCCS1.I. The number of benzene rings is 1. The van der Waals surface area contributed by atoms with Gasteiger partial charge in [-0.05, 0) is 70.0 Å². The molecule has 0 saturated carbocycles. The molecule has 1 aromatic rings. The second-order valence-corrected chi connectivity index (χ2v) is 10.5. The number of nitrogens with one attached hydrogen (secondary N) is 2. The number of hydrogen-bond acceptors (Lipinski definition) is 5. The molecule has 1 atom stereocenters. The highest BCUT2D eigenvalue weighted by atomic mass is 127. The van der Waals surface area contributed by atoms with Gasteiger partial charge in [-0.2, -0.15) is 11.8 Å². The molecule has 1 aromatic carbocycles. The van der Waals surface area contributed by atoms with Crippen molar-refractivity contribution in [3.63, 3.8) is 0 Å². The highest BCUT2D eigenvalue weighted by Crippen LogP contribution is 2.36. The highest BCUT2D eigenvalue weighted by Gasteiger charge is 2.29. The summed E-state index contributed by atoms with van der Waals surface area (Å²) in [6, 6.07) is 8.92. The van der Waals surface area contributed by atoms with Crippen LogP contribution in [0.2, 0.25) is 0 Å². The summed E-state index contributed by atoms with van der Waals surface area (Å²) in [6.45, 7) is 10.3. The van der Waals surface area contributed by atoms with E-state index in [1.165, 1.54) is 18.6 Å². The van der Waals surface area contributed by atoms with Gasteiger partial charge < -0.3 is 20.1 Å². The molecule has 1 unspecified atom stereocenters. The summed E-state index contributed by atoms with van der Waals surface area (Å²) in [6.07, 6.45) is 4.81. The molecule has 2 aliphatic heterocycles. The summed E-state index contributed by atoms with van der Waals surface area (Å²) in [5, 5.41) is 6.91. The van der Waals surface area contributed by atoms with Crippen LogP contribution >= 0.6 is 35.7 Å². The first-order valence-corrected chi connectivity index (χ1v) is 12.7. The fourth-order valence-electron chi connectivity index (χ4n) is 4.11. The summed E-state index contributed by atoms with van der Waals surface area (Å²) >= 11 is 2.07. The molecule has 2 saturated heterocycles. The summed E-state index contributed by atoms with van der Waals surface area (Å²) in [5.41, 5.74) is 1.16. The normalized spacial score (nSPS) is 21.9. The van der Waals surface area contributed by atoms with Gasteiger partial charge in [-0.15, -0.1) is 24.0 Å². The second-order valence-electron chi connectivity index (χ2n) is 8.77. The smallest absolute Gasteiger partial charge is 0.191 e. The van der Waals surface area contributed by atoms with Crippen molar-refractivity contribution in [1.82, 2.24) is 15.5 Å². The molecule has 6 nitrogen and oxygen atoms in total. The number of ether oxygens (including phenoxy) is 2. The third-order valence-corrected chi connectivity index (χ3v) is 7.66. The van der Waals surface area contributed by atoms with Gasteiger partial charge in [0.2, 0.25) is 0 Å². The van der Waals surface area contributed by atoms with Gasteiger partial charge in [0.1, 0.15) is 12.4 Å². The Hall–Kier alpha value is -0.710. The summed E-state index contributed by atoms with van der Waals surface area (Å²) in [5.74, 6) is 3.07. The van der Waals surface area contributed by atoms with Crippen molar-refractivity contribution in [3.8, 4) is 5.75 Å². The van der Waals surface area contributed by atoms with Crippen LogP contribution in [0.4, 0.5) is 0 Å². The van der Waals surface area contributed by atoms with Crippen LogP contribution in [0.15, 0.2) is 29.3 Å². The van der Waals surface area contributed by atoms with Crippen molar-refractivity contribution in [2.24, 2.45) is 4.99 Å². The van der Waals surface area contributed by atoms with Crippen molar-refractivity contribution in [1.29, 1.82) is 0 Å². The lowest BCUT2D eigenvalue weighted by molar-refractivity contribution is 0.0392. The summed E-state index contributed by atoms with van der Waals surface area (Å²) in [7, 11) is 2.18. The Morgan fingerprint density at radius 2 is 2.12 bits per heavy atom. The predicted octanol–water partition coefficient (Wildman–Crippen LogP) is 4.14. The van der Waals surface area contributed by atoms with Gasteiger partial charge in [0, 0.05) is 43.6 Å². The van der Waals surface area contributed by atoms with Crippen LogP contribution in [-0.2, 0) is 11.3 Å². The fourth-order valence-corrected chi connectivity index (χ4v) is 5.35. The first-order valence-electron chi connectivity index (χ1n) is 11.7. The molecule has 0 aromatic heterocycles. The van der Waals surface area contributed by atoms with Crippen LogP contribution in [-0.4, -0.2) is 73.9 Å². The van der Waals surface area contributed by atoms with E-state index < -0.39 is 0 Å². The van der Waals surface area contributed by atoms with Gasteiger partial charge in [-0.25, -0.2) is 4.99 Å². The topological polar surface area (TPSA) is 58.1 Å². The van der Waals surface area contributed by atoms with Gasteiger partial charge in [0.15, 0.2) is 5.96 Å². The molecule has 2 fully saturated rings. The van der Waals surface area contributed by atoms with Crippen LogP contribution in [0.3, 0.4) is 0 Å². The maximum absolute atomic E-state index is 6.04. The molecule has 2 heterocycles. The van der Waals surface area contributed by atoms with Crippen LogP contribution in [0.1, 0.15) is 45.1 Å². The van der Waals surface area contributed by atoms with Crippen molar-refractivity contribution < 1.29 is 9.47 Å². The first kappa shape index (κ1) is 27.5. The average molecular weight is 577 g/mol. The molecule has 8 heteroatoms. The fraction of sp³-hybridized carbons (Fsp3) is 0.708. The number of halogens is 1. The van der Waals surface area contributed by atoms with Crippen molar-refractivity contribution in [2.75, 3.05) is 52.3 Å². The Morgan fingerprint density at radius 3 is 2.84 bits per heavy atom. The van der Waals surface area contributed by atoms with E-state index in [9.17, 15) is 0 Å². The number of thioether (sulfide) groups is 1. The third kappa shape index (κ3) is 9.27. The Morgan fingerprint density at radius 1 is 1.31 bits per heavy atom. The van der Waals surface area contributed by atoms with Crippen LogP contribution < -0.4 is 15.4 Å². The Labute approximate surface area is 215 Å². The monoisotopic (exact) mass is 576 g/mol. The van der Waals surface area contributed by atoms with Crippen LogP contribution in [0.5, 0.6) is 5.75 Å². The molecule has 3 rings (SSSR count). The summed E-state index contributed by atoms with van der Waals surface area (Å²) in [4.78, 5) is 7.19. The van der Waals surface area contributed by atoms with Crippen molar-refractivity contribution in [3.05, 3.63) is 29.8 Å². The van der Waals surface area contributed by atoms with Gasteiger partial charge in [-0.1, -0.05) is 12.1 Å². The second kappa shape index (κ2) is 14.5. The Balaban J connectivity index is 0.00000363. The van der Waals surface area contributed by atoms with Gasteiger partial charge in [0.25, 0.3) is 0 Å². The zero-order chi connectivity index (χ0) is 21.9. The molecule has 0 aliphatic carbocycles. The van der Waals surface area contributed by atoms with E-state index in [1.807, 2.05) is 6.07 Å². The molecule has 2 aliphatic rings. The van der Waals surface area contributed by atoms with Gasteiger partial charge in [0.05, 0.1) is 6.54 Å². The first-order chi connectivity index (χ1) is 15.1. The standard InChI is InChI=1S/C24H40N4O2S.HI/c1-4-25-23(27-19-24(2)11-6-16-31-24)26-18-20-7-5-8-22(17-20)30-15-12-28(3)21-9-13-29-14-10-21;/h5,7-8,17,21H,4,6,9-16,18-19H2,1-3H3,(H2,25,26,27);1H. The molecule has 2 N–H and O–H groups in total. The highest BCUT2D eigenvalue weighted by molar-refractivity contribution is 14.0. The lowest BCUT2D eigenvalue weighted by atomic mass is 10.1. The number of nitrogens with zero attached hydrogens (tertiary/aromatic N) is 2. The third-order valence-electron chi connectivity index (χ3n) is 6.12. The van der Waals surface area contributed by atoms with E-state index in [2.05, 4.69) is 66.4 Å². The zero-order valence-corrected chi connectivity index (χ0v) is 23.0. The van der Waals surface area contributed by atoms with Gasteiger partial charge in [-0.3, -0.25) is 4.90 Å². The molecule has 0 amide bonds. The van der Waals surface area contributed by atoms with E-state index in [4.69, 9.17) is 14.5 Å². The number of aliphatic imine (C=N–C) groups is 1. The van der Waals surface area contributed by atoms with Gasteiger partial charge >= 0.3 is 0 Å². The minimum Gasteiger partial charge on any atom is -0.492 e. The van der Waals surface area contributed by atoms with Crippen molar-refractivity contribution >= 4 is 41.7 Å². The largest absolute Gasteiger partial charge is 0.492 e. The molecule has 0 spiro atoms. The Kier molecular flexibility index (Phi) is 12.5. The van der Waals surface area contributed by atoms with Crippen molar-refractivity contribution in [2.45, 2.75) is 56.9 Å². The maximum Gasteiger partial charge on any atom is 0.191 e. The van der Waals surface area contributed by atoms with E-state index in [-0.39, 0.29) is 24.0 Å². The van der Waals surface area contributed by atoms with Crippen LogP contribution in [0.25, 0.3) is 0 Å². The maximum atomic E-state index is 6.04. The molecule has 182 valence electrons. The van der Waals surface area contributed by atoms with E-state index in [1.54, 1.807) is 0 Å². The lowest BCUT2D eigenvalue weighted by Gasteiger charge is -2.31. The van der Waals surface area contributed by atoms with Crippen LogP contribution in [0, 0.1) is 0 Å². The van der Waals surface area contributed by atoms with E-state index >= 15 is 0 Å². The number of rotatable bonds is 10. The molecular weight excluding hydrogens is 535 g/mol. The molecular formula is C24H41IN4O2S. The molecule has 32 heavy (non-hydrogen) atoms. The van der Waals surface area contributed by atoms with E-state index in [0.29, 0.717) is 23.9 Å². The number of hydrogen-bond donors (Lipinski definition) is 2.